The van der Waals surface area contributed by atoms with Gasteiger partial charge < -0.3 is 0 Å². The molecule has 28 heavy (non-hydrogen) atoms. The highest BCUT2D eigenvalue weighted by Gasteiger charge is 2.29. The number of nitrogens with zero attached hydrogens (tertiary/aromatic N) is 2. The van der Waals surface area contributed by atoms with Gasteiger partial charge in [-0.1, -0.05) is 74.3 Å². The molecule has 0 radical (unpaired) electrons. The van der Waals surface area contributed by atoms with Crippen molar-refractivity contribution in [1.29, 1.82) is 0 Å². The number of rotatable bonds is 4. The molecule has 1 atom stereocenters. The lowest BCUT2D eigenvalue weighted by Gasteiger charge is -2.24. The maximum Gasteiger partial charge on any atom is 0.148 e. The first-order chi connectivity index (χ1) is 13.6. The highest BCUT2D eigenvalue weighted by molar-refractivity contribution is 9.10. The summed E-state index contributed by atoms with van der Waals surface area (Å²) in [6.45, 7) is 0. The maximum atomic E-state index is 14.5. The smallest absolute Gasteiger partial charge is 0.148 e. The van der Waals surface area contributed by atoms with Crippen LogP contribution in [-0.4, -0.2) is 5.71 Å². The summed E-state index contributed by atoms with van der Waals surface area (Å²) in [5.74, 6) is -0.272. The van der Waals surface area contributed by atoms with E-state index in [0.717, 1.165) is 25.8 Å². The summed E-state index contributed by atoms with van der Waals surface area (Å²) < 4.78 is 16.5. The fraction of sp³-hybridized carbons (Fsp3) is 0.0870. The van der Waals surface area contributed by atoms with Crippen molar-refractivity contribution in [2.45, 2.75) is 12.5 Å². The van der Waals surface area contributed by atoms with E-state index in [-0.39, 0.29) is 11.9 Å². The van der Waals surface area contributed by atoms with Crippen LogP contribution < -0.4 is 5.01 Å². The number of hydrogen-bond acceptors (Lipinski definition) is 2. The average molecular weight is 500 g/mol. The van der Waals surface area contributed by atoms with Gasteiger partial charge in [0.1, 0.15) is 5.82 Å². The molecule has 1 aliphatic rings. The van der Waals surface area contributed by atoms with Gasteiger partial charge in [0.15, 0.2) is 0 Å². The number of hydrogen-bond donors (Lipinski definition) is 0. The lowest BCUT2D eigenvalue weighted by Crippen LogP contribution is -2.19. The van der Waals surface area contributed by atoms with Gasteiger partial charge in [-0.25, -0.2) is 4.39 Å². The molecule has 3 aromatic rings. The van der Waals surface area contributed by atoms with Gasteiger partial charge in [0.25, 0.3) is 0 Å². The van der Waals surface area contributed by atoms with Crippen LogP contribution in [0.1, 0.15) is 23.6 Å². The molecular formula is C23H17Br2FN2. The lowest BCUT2D eigenvalue weighted by atomic mass is 10.0. The third kappa shape index (κ3) is 4.26. The summed E-state index contributed by atoms with van der Waals surface area (Å²) >= 11 is 6.93. The zero-order valence-electron chi connectivity index (χ0n) is 14.9. The summed E-state index contributed by atoms with van der Waals surface area (Å²) in [5.41, 5.74) is 3.60. The molecule has 0 aliphatic carbocycles. The molecule has 0 N–H and O–H groups in total. The molecule has 3 aromatic carbocycles. The Kier molecular flexibility index (Phi) is 5.74. The predicted molar refractivity (Wildman–Crippen MR) is 121 cm³/mol. The predicted octanol–water partition coefficient (Wildman–Crippen LogP) is 7.37. The Balaban J connectivity index is 1.66. The number of para-hydroxylation sites is 1. The van der Waals surface area contributed by atoms with E-state index in [1.165, 1.54) is 6.07 Å². The van der Waals surface area contributed by atoms with Gasteiger partial charge in [0, 0.05) is 15.4 Å². The summed E-state index contributed by atoms with van der Waals surface area (Å²) in [5, 5.41) is 6.53. The van der Waals surface area contributed by atoms with Gasteiger partial charge in [-0.3, -0.25) is 5.01 Å². The third-order valence-electron chi connectivity index (χ3n) is 4.63. The second-order valence-electron chi connectivity index (χ2n) is 6.54. The molecule has 0 fully saturated rings. The van der Waals surface area contributed by atoms with Crippen LogP contribution in [0.3, 0.4) is 0 Å². The summed E-state index contributed by atoms with van der Waals surface area (Å²) in [6.07, 6.45) is 4.76. The molecule has 0 bridgehead atoms. The van der Waals surface area contributed by atoms with Gasteiger partial charge in [0.05, 0.1) is 17.4 Å². The van der Waals surface area contributed by atoms with Gasteiger partial charge in [-0.2, -0.15) is 5.10 Å². The Hall–Kier alpha value is -2.24. The van der Waals surface area contributed by atoms with Crippen LogP contribution in [0.15, 0.2) is 92.9 Å². The molecule has 1 aliphatic heterocycles. The van der Waals surface area contributed by atoms with Crippen molar-refractivity contribution in [3.63, 3.8) is 0 Å². The van der Waals surface area contributed by atoms with Gasteiger partial charge in [0.2, 0.25) is 0 Å². The Bertz CT molecular complexity index is 1030. The van der Waals surface area contributed by atoms with Crippen molar-refractivity contribution in [1.82, 2.24) is 0 Å². The van der Waals surface area contributed by atoms with E-state index in [4.69, 9.17) is 5.10 Å². The standard InChI is InChI=1S/C23H17Br2FN2/c24-18-10-5-16(6-11-18)7-14-20-15-23(17-8-12-19(25)13-9-17)28(27-20)22-4-2-1-3-21(22)26/h1-14,23H,15H2. The minimum Gasteiger partial charge on any atom is -0.254 e. The van der Waals surface area contributed by atoms with Crippen LogP contribution in [0.25, 0.3) is 6.08 Å². The van der Waals surface area contributed by atoms with E-state index in [9.17, 15) is 4.39 Å². The first-order valence-corrected chi connectivity index (χ1v) is 10.5. The van der Waals surface area contributed by atoms with Crippen molar-refractivity contribution >= 4 is 49.3 Å². The third-order valence-corrected chi connectivity index (χ3v) is 5.68. The van der Waals surface area contributed by atoms with Crippen LogP contribution in [0.2, 0.25) is 0 Å². The molecule has 0 saturated heterocycles. The minimum atomic E-state index is -0.272. The first kappa shape index (κ1) is 19.1. The molecular weight excluding hydrogens is 483 g/mol. The van der Waals surface area contributed by atoms with E-state index in [2.05, 4.69) is 44.0 Å². The quantitative estimate of drug-likeness (QED) is 0.365. The SMILES string of the molecule is Fc1ccccc1N1N=C(C=Cc2ccc(Br)cc2)CC1c1ccc(Br)cc1. The van der Waals surface area contributed by atoms with Gasteiger partial charge >= 0.3 is 0 Å². The number of allylic oxidation sites excluding steroid dienone is 1. The van der Waals surface area contributed by atoms with Crippen LogP contribution in [0, 0.1) is 5.82 Å². The van der Waals surface area contributed by atoms with Gasteiger partial charge in [-0.15, -0.1) is 0 Å². The number of benzene rings is 3. The average Bonchev–Trinajstić information content (AvgIpc) is 3.12. The first-order valence-electron chi connectivity index (χ1n) is 8.90. The number of hydrazone groups is 1. The molecule has 1 heterocycles. The second-order valence-corrected chi connectivity index (χ2v) is 8.38. The van der Waals surface area contributed by atoms with E-state index < -0.39 is 0 Å². The Morgan fingerprint density at radius 3 is 2.18 bits per heavy atom. The molecule has 0 amide bonds. The van der Waals surface area contributed by atoms with Crippen molar-refractivity contribution in [2.75, 3.05) is 5.01 Å². The fourth-order valence-electron chi connectivity index (χ4n) is 3.20. The Morgan fingerprint density at radius 1 is 0.857 bits per heavy atom. The van der Waals surface area contributed by atoms with Gasteiger partial charge in [-0.05, 0) is 53.6 Å². The summed E-state index contributed by atoms with van der Waals surface area (Å²) in [6, 6.07) is 22.9. The molecule has 1 unspecified atom stereocenters. The molecule has 0 spiro atoms. The Labute approximate surface area is 180 Å². The van der Waals surface area contributed by atoms with Crippen molar-refractivity contribution in [3.05, 3.63) is 105 Å². The van der Waals surface area contributed by atoms with Crippen LogP contribution in [0.4, 0.5) is 10.1 Å². The minimum absolute atomic E-state index is 0.0467. The van der Waals surface area contributed by atoms with Crippen LogP contribution in [0.5, 0.6) is 0 Å². The van der Waals surface area contributed by atoms with E-state index in [0.29, 0.717) is 12.1 Å². The van der Waals surface area contributed by atoms with Crippen molar-refractivity contribution < 1.29 is 4.39 Å². The van der Waals surface area contributed by atoms with Crippen molar-refractivity contribution in [3.8, 4) is 0 Å². The van der Waals surface area contributed by atoms with E-state index in [1.807, 2.05) is 54.6 Å². The largest absolute Gasteiger partial charge is 0.254 e. The molecule has 4 rings (SSSR count). The number of halogens is 3. The van der Waals surface area contributed by atoms with Crippen LogP contribution in [-0.2, 0) is 0 Å². The summed E-state index contributed by atoms with van der Waals surface area (Å²) in [7, 11) is 0. The Morgan fingerprint density at radius 2 is 1.50 bits per heavy atom. The highest BCUT2D eigenvalue weighted by Crippen LogP contribution is 2.37. The molecule has 140 valence electrons. The molecule has 0 aromatic heterocycles. The zero-order valence-corrected chi connectivity index (χ0v) is 18.1. The number of anilines is 1. The molecule has 2 nitrogen and oxygen atoms in total. The normalized spacial score (nSPS) is 16.6. The maximum absolute atomic E-state index is 14.5. The highest BCUT2D eigenvalue weighted by atomic mass is 79.9. The van der Waals surface area contributed by atoms with E-state index in [1.54, 1.807) is 17.1 Å². The van der Waals surface area contributed by atoms with Crippen LogP contribution >= 0.6 is 31.9 Å². The lowest BCUT2D eigenvalue weighted by molar-refractivity contribution is 0.606. The monoisotopic (exact) mass is 498 g/mol. The molecule has 0 saturated carbocycles. The van der Waals surface area contributed by atoms with Crippen molar-refractivity contribution in [2.24, 2.45) is 5.10 Å². The fourth-order valence-corrected chi connectivity index (χ4v) is 3.73. The topological polar surface area (TPSA) is 15.6 Å². The zero-order chi connectivity index (χ0) is 19.5. The summed E-state index contributed by atoms with van der Waals surface area (Å²) in [4.78, 5) is 0. The molecule has 5 heteroatoms. The van der Waals surface area contributed by atoms with E-state index >= 15 is 0 Å². The second kappa shape index (κ2) is 8.41.